The summed E-state index contributed by atoms with van der Waals surface area (Å²) < 4.78 is 75.6. The molecule has 0 spiro atoms. The van der Waals surface area contributed by atoms with E-state index in [2.05, 4.69) is 5.32 Å². The quantitative estimate of drug-likeness (QED) is 0.831. The van der Waals surface area contributed by atoms with Crippen molar-refractivity contribution in [3.8, 4) is 0 Å². The average molecular weight is 314 g/mol. The van der Waals surface area contributed by atoms with Crippen LogP contribution < -0.4 is 10.2 Å². The Morgan fingerprint density at radius 2 is 1.71 bits per heavy atom. The van der Waals surface area contributed by atoms with Crippen LogP contribution in [0.3, 0.4) is 0 Å². The predicted molar refractivity (Wildman–Crippen MR) is 68.1 cm³/mol. The molecule has 0 bridgehead atoms. The molecule has 0 unspecified atom stereocenters. The van der Waals surface area contributed by atoms with E-state index < -0.39 is 30.9 Å². The van der Waals surface area contributed by atoms with Crippen LogP contribution in [0.15, 0.2) is 18.2 Å². The third kappa shape index (κ3) is 5.45. The van der Waals surface area contributed by atoms with Crippen molar-refractivity contribution >= 4 is 5.69 Å². The summed E-state index contributed by atoms with van der Waals surface area (Å²) in [6, 6.07) is 3.62. The summed E-state index contributed by atoms with van der Waals surface area (Å²) in [7, 11) is 2.81. The number of nitrogens with one attached hydrogen (secondary N) is 1. The van der Waals surface area contributed by atoms with E-state index in [1.165, 1.54) is 19.2 Å². The van der Waals surface area contributed by atoms with Gasteiger partial charge in [-0.15, -0.1) is 0 Å². The highest BCUT2D eigenvalue weighted by Gasteiger charge is 2.35. The zero-order valence-corrected chi connectivity index (χ0v) is 11.6. The number of nitrogens with zero attached hydrogens (tertiary/aromatic N) is 1. The number of alkyl halides is 6. The molecule has 0 heterocycles. The van der Waals surface area contributed by atoms with E-state index in [1.54, 1.807) is 7.05 Å². The smallest absolute Gasteiger partial charge is 0.374 e. The van der Waals surface area contributed by atoms with Gasteiger partial charge in [0.2, 0.25) is 0 Å². The molecule has 0 radical (unpaired) electrons. The number of rotatable bonds is 5. The molecule has 1 N–H and O–H groups in total. The lowest BCUT2D eigenvalue weighted by Gasteiger charge is -2.24. The number of anilines is 1. The van der Waals surface area contributed by atoms with E-state index in [-0.39, 0.29) is 12.2 Å². The number of hydrogen-bond donors (Lipinski definition) is 1. The SMILES string of the molecule is CNCc1ccc(N(C)CCC(F)(F)F)c(C(F)(F)F)c1. The highest BCUT2D eigenvalue weighted by atomic mass is 19.4. The van der Waals surface area contributed by atoms with Gasteiger partial charge in [0.15, 0.2) is 0 Å². The summed E-state index contributed by atoms with van der Waals surface area (Å²) in [5.41, 5.74) is -0.774. The van der Waals surface area contributed by atoms with Crippen molar-refractivity contribution in [2.45, 2.75) is 25.3 Å². The summed E-state index contributed by atoms with van der Waals surface area (Å²) in [4.78, 5) is 0.972. The molecule has 0 amide bonds. The van der Waals surface area contributed by atoms with Gasteiger partial charge in [-0.1, -0.05) is 6.07 Å². The van der Waals surface area contributed by atoms with E-state index in [0.717, 1.165) is 11.0 Å². The monoisotopic (exact) mass is 314 g/mol. The number of halogens is 6. The summed E-state index contributed by atoms with van der Waals surface area (Å²) in [5.74, 6) is 0. The molecular formula is C13H16F6N2. The largest absolute Gasteiger partial charge is 0.418 e. The van der Waals surface area contributed by atoms with Crippen LogP contribution in [0.5, 0.6) is 0 Å². The molecule has 1 aromatic rings. The van der Waals surface area contributed by atoms with Crippen LogP contribution >= 0.6 is 0 Å². The first-order valence-corrected chi connectivity index (χ1v) is 6.17. The molecule has 0 saturated carbocycles. The first kappa shape index (κ1) is 17.6. The average Bonchev–Trinajstić information content (AvgIpc) is 2.34. The maximum atomic E-state index is 13.0. The molecule has 0 aliphatic heterocycles. The Morgan fingerprint density at radius 1 is 1.10 bits per heavy atom. The van der Waals surface area contributed by atoms with Crippen molar-refractivity contribution in [2.75, 3.05) is 25.5 Å². The Balaban J connectivity index is 3.05. The van der Waals surface area contributed by atoms with Gasteiger partial charge in [-0.25, -0.2) is 0 Å². The second-order valence-electron chi connectivity index (χ2n) is 4.67. The molecule has 0 fully saturated rings. The fourth-order valence-corrected chi connectivity index (χ4v) is 1.87. The molecule has 0 aliphatic rings. The molecule has 0 aliphatic carbocycles. The number of benzene rings is 1. The van der Waals surface area contributed by atoms with Crippen LogP contribution in [0.1, 0.15) is 17.5 Å². The third-order valence-corrected chi connectivity index (χ3v) is 2.89. The molecule has 120 valence electrons. The number of hydrogen-bond acceptors (Lipinski definition) is 2. The fraction of sp³-hybridized carbons (Fsp3) is 0.538. The summed E-state index contributed by atoms with van der Waals surface area (Å²) in [5, 5.41) is 2.73. The van der Waals surface area contributed by atoms with Crippen molar-refractivity contribution in [3.05, 3.63) is 29.3 Å². The molecule has 0 atom stereocenters. The lowest BCUT2D eigenvalue weighted by molar-refractivity contribution is -0.137. The minimum atomic E-state index is -4.62. The second kappa shape index (κ2) is 6.55. The van der Waals surface area contributed by atoms with Crippen LogP contribution in [0, 0.1) is 0 Å². The van der Waals surface area contributed by atoms with Gasteiger partial charge in [0.05, 0.1) is 12.0 Å². The zero-order chi connectivity index (χ0) is 16.3. The van der Waals surface area contributed by atoms with Gasteiger partial charge in [0.1, 0.15) is 0 Å². The highest BCUT2D eigenvalue weighted by molar-refractivity contribution is 5.56. The molecule has 8 heteroatoms. The van der Waals surface area contributed by atoms with Crippen molar-refractivity contribution in [1.29, 1.82) is 0 Å². The zero-order valence-electron chi connectivity index (χ0n) is 11.6. The summed E-state index contributed by atoms with van der Waals surface area (Å²) in [6.45, 7) is -0.284. The Morgan fingerprint density at radius 3 is 2.19 bits per heavy atom. The molecule has 2 nitrogen and oxygen atoms in total. The van der Waals surface area contributed by atoms with Crippen LogP contribution in [0.4, 0.5) is 32.0 Å². The van der Waals surface area contributed by atoms with Crippen LogP contribution in [-0.2, 0) is 12.7 Å². The Hall–Kier alpha value is -1.44. The normalized spacial score (nSPS) is 12.6. The molecule has 21 heavy (non-hydrogen) atoms. The van der Waals surface area contributed by atoms with Crippen molar-refractivity contribution in [2.24, 2.45) is 0 Å². The molecule has 0 saturated heterocycles. The van der Waals surface area contributed by atoms with Gasteiger partial charge in [-0.05, 0) is 24.7 Å². The van der Waals surface area contributed by atoms with Gasteiger partial charge >= 0.3 is 12.4 Å². The lowest BCUT2D eigenvalue weighted by Crippen LogP contribution is -2.26. The van der Waals surface area contributed by atoms with Gasteiger partial charge in [0, 0.05) is 25.8 Å². The van der Waals surface area contributed by atoms with Gasteiger partial charge in [-0.3, -0.25) is 0 Å². The minimum absolute atomic E-state index is 0.246. The predicted octanol–water partition coefficient (Wildman–Crippen LogP) is 3.81. The summed E-state index contributed by atoms with van der Waals surface area (Å²) >= 11 is 0. The van der Waals surface area contributed by atoms with Crippen LogP contribution in [0.25, 0.3) is 0 Å². The maximum absolute atomic E-state index is 13.0. The van der Waals surface area contributed by atoms with Gasteiger partial charge in [-0.2, -0.15) is 26.3 Å². The van der Waals surface area contributed by atoms with E-state index in [0.29, 0.717) is 5.56 Å². The Kier molecular flexibility index (Phi) is 5.49. The first-order chi connectivity index (χ1) is 9.54. The minimum Gasteiger partial charge on any atom is -0.374 e. The molecule has 1 aromatic carbocycles. The molecule has 1 rings (SSSR count). The standard InChI is InChI=1S/C13H16F6N2/c1-20-8-9-3-4-11(10(7-9)13(17,18)19)21(2)6-5-12(14,15)16/h3-4,7,20H,5-6,8H2,1-2H3. The lowest BCUT2D eigenvalue weighted by atomic mass is 10.1. The van der Waals surface area contributed by atoms with Crippen molar-refractivity contribution in [1.82, 2.24) is 5.32 Å². The van der Waals surface area contributed by atoms with Gasteiger partial charge in [0.25, 0.3) is 0 Å². The van der Waals surface area contributed by atoms with E-state index in [9.17, 15) is 26.3 Å². The van der Waals surface area contributed by atoms with Gasteiger partial charge < -0.3 is 10.2 Å². The van der Waals surface area contributed by atoms with Crippen LogP contribution in [-0.4, -0.2) is 26.8 Å². The van der Waals surface area contributed by atoms with Crippen molar-refractivity contribution < 1.29 is 26.3 Å². The molecule has 0 aromatic heterocycles. The third-order valence-electron chi connectivity index (χ3n) is 2.89. The molecular weight excluding hydrogens is 298 g/mol. The first-order valence-electron chi connectivity index (χ1n) is 6.17. The maximum Gasteiger partial charge on any atom is 0.418 e. The fourth-order valence-electron chi connectivity index (χ4n) is 1.87. The van der Waals surface area contributed by atoms with Crippen LogP contribution in [0.2, 0.25) is 0 Å². The second-order valence-corrected chi connectivity index (χ2v) is 4.67. The Labute approximate surface area is 118 Å². The summed E-state index contributed by atoms with van der Waals surface area (Å²) in [6.07, 6.45) is -10.2. The van der Waals surface area contributed by atoms with E-state index >= 15 is 0 Å². The Bertz CT molecular complexity index is 467. The van der Waals surface area contributed by atoms with Crippen molar-refractivity contribution in [3.63, 3.8) is 0 Å². The van der Waals surface area contributed by atoms with E-state index in [4.69, 9.17) is 0 Å². The topological polar surface area (TPSA) is 15.3 Å². The van der Waals surface area contributed by atoms with E-state index in [1.807, 2.05) is 0 Å². The highest BCUT2D eigenvalue weighted by Crippen LogP contribution is 2.37.